The van der Waals surface area contributed by atoms with Crippen LogP contribution in [0.15, 0.2) is 12.4 Å². The van der Waals surface area contributed by atoms with Crippen molar-refractivity contribution in [2.45, 2.75) is 63.5 Å². The first-order chi connectivity index (χ1) is 9.70. The van der Waals surface area contributed by atoms with Gasteiger partial charge in [0.05, 0.1) is 11.8 Å². The number of aryl methyl sites for hydroxylation is 1. The summed E-state index contributed by atoms with van der Waals surface area (Å²) in [5, 5.41) is 7.81. The molecule has 0 amide bonds. The van der Waals surface area contributed by atoms with Crippen LogP contribution in [-0.4, -0.2) is 35.1 Å². The molecule has 1 atom stereocenters. The summed E-state index contributed by atoms with van der Waals surface area (Å²) in [6.07, 6.45) is 12.7. The van der Waals surface area contributed by atoms with E-state index in [4.69, 9.17) is 4.74 Å². The number of hydrogen-bond acceptors (Lipinski definition) is 3. The molecule has 0 bridgehead atoms. The van der Waals surface area contributed by atoms with Gasteiger partial charge in [-0.05, 0) is 38.8 Å². The van der Waals surface area contributed by atoms with Crippen molar-refractivity contribution >= 4 is 0 Å². The maximum Gasteiger partial charge on any atom is 0.0837 e. The Morgan fingerprint density at radius 3 is 2.55 bits per heavy atom. The van der Waals surface area contributed by atoms with Crippen LogP contribution in [0, 0.1) is 0 Å². The predicted octanol–water partition coefficient (Wildman–Crippen LogP) is 2.68. The second-order valence-corrected chi connectivity index (χ2v) is 5.98. The van der Waals surface area contributed by atoms with Gasteiger partial charge < -0.3 is 10.1 Å². The normalized spacial score (nSPS) is 20.6. The highest BCUT2D eigenvalue weighted by molar-refractivity contribution is 5.09. The van der Waals surface area contributed by atoms with Crippen LogP contribution >= 0.6 is 0 Å². The fourth-order valence-electron chi connectivity index (χ4n) is 3.57. The molecule has 1 aliphatic carbocycles. The first-order valence-corrected chi connectivity index (χ1v) is 7.99. The summed E-state index contributed by atoms with van der Waals surface area (Å²) < 4.78 is 8.17. The molecule has 1 fully saturated rings. The molecule has 0 aliphatic heterocycles. The molecule has 1 aliphatic rings. The zero-order valence-electron chi connectivity index (χ0n) is 13.2. The Bertz CT molecular complexity index is 394. The summed E-state index contributed by atoms with van der Waals surface area (Å²) in [5.41, 5.74) is 1.28. The highest BCUT2D eigenvalue weighted by Gasteiger charge is 2.39. The van der Waals surface area contributed by atoms with Crippen LogP contribution in [-0.2, 0) is 18.2 Å². The second kappa shape index (κ2) is 7.23. The minimum absolute atomic E-state index is 0.00413. The van der Waals surface area contributed by atoms with Gasteiger partial charge in [-0.2, -0.15) is 5.10 Å². The van der Waals surface area contributed by atoms with E-state index in [2.05, 4.69) is 30.6 Å². The third-order valence-corrected chi connectivity index (χ3v) is 4.56. The summed E-state index contributed by atoms with van der Waals surface area (Å²) in [6.45, 7) is 2.91. The van der Waals surface area contributed by atoms with Gasteiger partial charge >= 0.3 is 0 Å². The van der Waals surface area contributed by atoms with E-state index in [9.17, 15) is 0 Å². The van der Waals surface area contributed by atoms with Gasteiger partial charge in [0, 0.05) is 25.9 Å². The summed E-state index contributed by atoms with van der Waals surface area (Å²) in [5.74, 6) is 0. The molecular formula is C16H29N3O. The van der Waals surface area contributed by atoms with Crippen LogP contribution in [0.25, 0.3) is 0 Å². The minimum Gasteiger partial charge on any atom is -0.374 e. The van der Waals surface area contributed by atoms with Gasteiger partial charge in [0.2, 0.25) is 0 Å². The standard InChI is InChI=1S/C16H29N3O/c1-4-20-16(9-7-5-6-8-10-16)15(17-2)11-14-12-18-19(3)13-14/h12-13,15,17H,4-11H2,1-3H3. The molecule has 1 heterocycles. The molecule has 4 heteroatoms. The van der Waals surface area contributed by atoms with Gasteiger partial charge in [0.25, 0.3) is 0 Å². The monoisotopic (exact) mass is 279 g/mol. The molecule has 1 unspecified atom stereocenters. The van der Waals surface area contributed by atoms with Crippen LogP contribution in [0.1, 0.15) is 51.0 Å². The average Bonchev–Trinajstić information content (AvgIpc) is 2.71. The van der Waals surface area contributed by atoms with Crippen molar-refractivity contribution in [2.24, 2.45) is 7.05 Å². The molecule has 0 aromatic carbocycles. The van der Waals surface area contributed by atoms with Gasteiger partial charge in [0.1, 0.15) is 0 Å². The van der Waals surface area contributed by atoms with E-state index in [1.165, 1.54) is 44.1 Å². The molecule has 0 saturated heterocycles. The van der Waals surface area contributed by atoms with Gasteiger partial charge in [-0.3, -0.25) is 4.68 Å². The van der Waals surface area contributed by atoms with Crippen molar-refractivity contribution in [3.63, 3.8) is 0 Å². The predicted molar refractivity (Wildman–Crippen MR) is 81.8 cm³/mol. The number of rotatable bonds is 6. The Hall–Kier alpha value is -0.870. The number of ether oxygens (including phenoxy) is 1. The Kier molecular flexibility index (Phi) is 5.61. The van der Waals surface area contributed by atoms with Crippen molar-refractivity contribution in [3.05, 3.63) is 18.0 Å². The summed E-state index contributed by atoms with van der Waals surface area (Å²) >= 11 is 0. The van der Waals surface area contributed by atoms with Gasteiger partial charge in [-0.1, -0.05) is 25.7 Å². The lowest BCUT2D eigenvalue weighted by Crippen LogP contribution is -2.52. The van der Waals surface area contributed by atoms with Crippen LogP contribution in [0.5, 0.6) is 0 Å². The second-order valence-electron chi connectivity index (χ2n) is 5.98. The van der Waals surface area contributed by atoms with Crippen LogP contribution in [0.4, 0.5) is 0 Å². The summed E-state index contributed by atoms with van der Waals surface area (Å²) in [4.78, 5) is 0. The lowest BCUT2D eigenvalue weighted by atomic mass is 9.83. The van der Waals surface area contributed by atoms with E-state index in [1.807, 2.05) is 17.9 Å². The Morgan fingerprint density at radius 1 is 1.35 bits per heavy atom. The third kappa shape index (κ3) is 3.61. The number of nitrogens with one attached hydrogen (secondary N) is 1. The van der Waals surface area contributed by atoms with Crippen molar-refractivity contribution in [2.75, 3.05) is 13.7 Å². The SMILES string of the molecule is CCOC1(C(Cc2cnn(C)c2)NC)CCCCCC1. The first kappa shape index (κ1) is 15.5. The van der Waals surface area contributed by atoms with Crippen LogP contribution < -0.4 is 5.32 Å². The van der Waals surface area contributed by atoms with Crippen molar-refractivity contribution < 1.29 is 4.74 Å². The number of aromatic nitrogens is 2. The zero-order chi connectivity index (χ0) is 14.4. The fourth-order valence-corrected chi connectivity index (χ4v) is 3.57. The van der Waals surface area contributed by atoms with Crippen LogP contribution in [0.3, 0.4) is 0 Å². The van der Waals surface area contributed by atoms with Crippen molar-refractivity contribution in [1.82, 2.24) is 15.1 Å². The Labute approximate surface area is 122 Å². The number of likely N-dealkylation sites (N-methyl/N-ethyl adjacent to an activating group) is 1. The summed E-state index contributed by atoms with van der Waals surface area (Å²) in [6, 6.07) is 0.366. The Balaban J connectivity index is 2.15. The van der Waals surface area contributed by atoms with E-state index in [0.717, 1.165) is 13.0 Å². The van der Waals surface area contributed by atoms with E-state index < -0.39 is 0 Å². The molecule has 1 aromatic heterocycles. The molecule has 1 saturated carbocycles. The number of nitrogens with zero attached hydrogens (tertiary/aromatic N) is 2. The summed E-state index contributed by atoms with van der Waals surface area (Å²) in [7, 11) is 4.04. The molecule has 1 N–H and O–H groups in total. The fraction of sp³-hybridized carbons (Fsp3) is 0.812. The quantitative estimate of drug-likeness (QED) is 0.814. The Morgan fingerprint density at radius 2 is 2.05 bits per heavy atom. The highest BCUT2D eigenvalue weighted by atomic mass is 16.5. The smallest absolute Gasteiger partial charge is 0.0837 e. The maximum absolute atomic E-state index is 6.29. The first-order valence-electron chi connectivity index (χ1n) is 7.99. The molecule has 114 valence electrons. The van der Waals surface area contributed by atoms with Gasteiger partial charge in [-0.15, -0.1) is 0 Å². The van der Waals surface area contributed by atoms with Crippen molar-refractivity contribution in [1.29, 1.82) is 0 Å². The van der Waals surface area contributed by atoms with Gasteiger partial charge in [0.15, 0.2) is 0 Å². The van der Waals surface area contributed by atoms with E-state index in [0.29, 0.717) is 6.04 Å². The molecule has 1 aromatic rings. The molecule has 0 spiro atoms. The van der Waals surface area contributed by atoms with Crippen molar-refractivity contribution in [3.8, 4) is 0 Å². The highest BCUT2D eigenvalue weighted by Crippen LogP contribution is 2.34. The minimum atomic E-state index is -0.00413. The average molecular weight is 279 g/mol. The molecule has 2 rings (SSSR count). The topological polar surface area (TPSA) is 39.1 Å². The molecule has 0 radical (unpaired) electrons. The maximum atomic E-state index is 6.29. The van der Waals surface area contributed by atoms with E-state index in [1.54, 1.807) is 0 Å². The molecular weight excluding hydrogens is 250 g/mol. The molecule has 4 nitrogen and oxygen atoms in total. The van der Waals surface area contributed by atoms with Gasteiger partial charge in [-0.25, -0.2) is 0 Å². The van der Waals surface area contributed by atoms with Crippen LogP contribution in [0.2, 0.25) is 0 Å². The lowest BCUT2D eigenvalue weighted by molar-refractivity contribution is -0.0752. The largest absolute Gasteiger partial charge is 0.374 e. The zero-order valence-corrected chi connectivity index (χ0v) is 13.2. The number of hydrogen-bond donors (Lipinski definition) is 1. The van der Waals surface area contributed by atoms with E-state index >= 15 is 0 Å². The van der Waals surface area contributed by atoms with E-state index in [-0.39, 0.29) is 5.60 Å². The third-order valence-electron chi connectivity index (χ3n) is 4.56. The molecule has 20 heavy (non-hydrogen) atoms. The lowest BCUT2D eigenvalue weighted by Gasteiger charge is -2.40.